The standard InChI is InChI=1S/C37H40N6O2/c1-24-9-15-28(16-10-24)43-33(23-32(42-43)37(2,3)4)41-36(45)40-27-13-11-25(12-14-27)34(26-17-20-38-21-18-26)35(44)30-19-22-39-31-8-6-5-7-29(30)31/h5-16,19,22-23,26,34,38H,17-18,20-21H2,1-4H3,(H2,40,41,45). The lowest BCUT2D eigenvalue weighted by atomic mass is 9.76. The maximum atomic E-state index is 14.2. The molecule has 8 nitrogen and oxygen atoms in total. The Morgan fingerprint density at radius 2 is 1.62 bits per heavy atom. The van der Waals surface area contributed by atoms with Gasteiger partial charge in [-0.15, -0.1) is 0 Å². The molecule has 1 aliphatic rings. The molecule has 6 rings (SSSR count). The van der Waals surface area contributed by atoms with Crippen LogP contribution in [0.1, 0.15) is 66.7 Å². The van der Waals surface area contributed by atoms with E-state index in [0.717, 1.165) is 59.3 Å². The number of para-hydroxylation sites is 1. The second kappa shape index (κ2) is 12.7. The Hall–Kier alpha value is -4.82. The summed E-state index contributed by atoms with van der Waals surface area (Å²) in [5.74, 6) is 0.615. The van der Waals surface area contributed by atoms with E-state index in [0.29, 0.717) is 17.1 Å². The number of fused-ring (bicyclic) bond motifs is 1. The van der Waals surface area contributed by atoms with Gasteiger partial charge in [0.1, 0.15) is 5.82 Å². The van der Waals surface area contributed by atoms with Crippen LogP contribution < -0.4 is 16.0 Å². The van der Waals surface area contributed by atoms with E-state index in [1.165, 1.54) is 0 Å². The van der Waals surface area contributed by atoms with Gasteiger partial charge < -0.3 is 10.6 Å². The molecule has 8 heteroatoms. The lowest BCUT2D eigenvalue weighted by molar-refractivity contribution is 0.0917. The van der Waals surface area contributed by atoms with Gasteiger partial charge >= 0.3 is 6.03 Å². The summed E-state index contributed by atoms with van der Waals surface area (Å²) >= 11 is 0. The first-order valence-electron chi connectivity index (χ1n) is 15.6. The molecule has 3 aromatic carbocycles. The first-order chi connectivity index (χ1) is 21.7. The van der Waals surface area contributed by atoms with Gasteiger partial charge in [-0.3, -0.25) is 15.1 Å². The summed E-state index contributed by atoms with van der Waals surface area (Å²) in [6.45, 7) is 10.1. The summed E-state index contributed by atoms with van der Waals surface area (Å²) in [6, 6.07) is 26.9. The Balaban J connectivity index is 1.24. The second-order valence-corrected chi connectivity index (χ2v) is 12.9. The van der Waals surface area contributed by atoms with E-state index in [-0.39, 0.29) is 29.1 Å². The molecule has 230 valence electrons. The minimum atomic E-state index is -0.370. The number of amides is 2. The van der Waals surface area contributed by atoms with Crippen LogP contribution in [0.5, 0.6) is 0 Å². The van der Waals surface area contributed by atoms with Crippen LogP contribution in [0.2, 0.25) is 0 Å². The van der Waals surface area contributed by atoms with Crippen molar-refractivity contribution in [1.29, 1.82) is 0 Å². The number of nitrogens with zero attached hydrogens (tertiary/aromatic N) is 3. The van der Waals surface area contributed by atoms with E-state index >= 15 is 0 Å². The van der Waals surface area contributed by atoms with Gasteiger partial charge in [-0.05, 0) is 80.7 Å². The number of aromatic nitrogens is 3. The number of piperidine rings is 1. The molecule has 2 aromatic heterocycles. The molecule has 0 aliphatic carbocycles. The molecule has 1 fully saturated rings. The Labute approximate surface area is 264 Å². The van der Waals surface area contributed by atoms with Crippen LogP contribution in [0.25, 0.3) is 16.6 Å². The van der Waals surface area contributed by atoms with Gasteiger partial charge in [-0.1, -0.05) is 68.8 Å². The molecule has 45 heavy (non-hydrogen) atoms. The van der Waals surface area contributed by atoms with Crippen molar-refractivity contribution in [2.24, 2.45) is 5.92 Å². The summed E-state index contributed by atoms with van der Waals surface area (Å²) in [5, 5.41) is 15.1. The Kier molecular flexibility index (Phi) is 8.50. The van der Waals surface area contributed by atoms with Gasteiger partial charge in [0, 0.05) is 34.3 Å². The smallest absolute Gasteiger partial charge is 0.317 e. The molecule has 5 aromatic rings. The number of rotatable bonds is 7. The number of nitrogens with one attached hydrogen (secondary N) is 3. The number of benzene rings is 3. The van der Waals surface area contributed by atoms with Crippen molar-refractivity contribution in [3.8, 4) is 5.69 Å². The van der Waals surface area contributed by atoms with Crippen molar-refractivity contribution < 1.29 is 9.59 Å². The monoisotopic (exact) mass is 600 g/mol. The molecule has 0 bridgehead atoms. The van der Waals surface area contributed by atoms with Gasteiger partial charge in [0.25, 0.3) is 0 Å². The number of Topliss-reactive ketones (excluding diaryl/α,β-unsaturated/α-hetero) is 1. The van der Waals surface area contributed by atoms with Crippen molar-refractivity contribution in [1.82, 2.24) is 20.1 Å². The van der Waals surface area contributed by atoms with Crippen LogP contribution in [-0.4, -0.2) is 39.7 Å². The summed E-state index contributed by atoms with van der Waals surface area (Å²) in [7, 11) is 0. The number of ketones is 1. The second-order valence-electron chi connectivity index (χ2n) is 12.9. The van der Waals surface area contributed by atoms with Gasteiger partial charge in [0.15, 0.2) is 5.78 Å². The topological polar surface area (TPSA) is 101 Å². The summed E-state index contributed by atoms with van der Waals surface area (Å²) in [5.41, 5.74) is 5.80. The third kappa shape index (κ3) is 6.66. The molecule has 1 saturated heterocycles. The number of hydrogen-bond donors (Lipinski definition) is 3. The predicted octanol–water partition coefficient (Wildman–Crippen LogP) is 7.64. The molecule has 1 atom stereocenters. The highest BCUT2D eigenvalue weighted by Gasteiger charge is 2.32. The fourth-order valence-electron chi connectivity index (χ4n) is 6.07. The van der Waals surface area contributed by atoms with Gasteiger partial charge in [0.2, 0.25) is 0 Å². The number of aryl methyl sites for hydroxylation is 1. The number of hydrogen-bond acceptors (Lipinski definition) is 5. The highest BCUT2D eigenvalue weighted by Crippen LogP contribution is 2.36. The van der Waals surface area contributed by atoms with Crippen LogP contribution >= 0.6 is 0 Å². The van der Waals surface area contributed by atoms with Gasteiger partial charge in [-0.2, -0.15) is 5.10 Å². The fourth-order valence-corrected chi connectivity index (χ4v) is 6.07. The zero-order valence-electron chi connectivity index (χ0n) is 26.3. The molecular weight excluding hydrogens is 560 g/mol. The maximum absolute atomic E-state index is 14.2. The van der Waals surface area contributed by atoms with Crippen molar-refractivity contribution in [2.75, 3.05) is 23.7 Å². The average Bonchev–Trinajstić information content (AvgIpc) is 3.47. The quantitative estimate of drug-likeness (QED) is 0.167. The van der Waals surface area contributed by atoms with Crippen LogP contribution in [0, 0.1) is 12.8 Å². The lowest BCUT2D eigenvalue weighted by Gasteiger charge is -2.30. The van der Waals surface area contributed by atoms with Crippen LogP contribution in [0.4, 0.5) is 16.3 Å². The Bertz CT molecular complexity index is 1810. The van der Waals surface area contributed by atoms with Crippen molar-refractivity contribution >= 4 is 34.2 Å². The van der Waals surface area contributed by atoms with Gasteiger partial charge in [0.05, 0.1) is 22.8 Å². The maximum Gasteiger partial charge on any atom is 0.324 e. The molecule has 0 spiro atoms. The molecule has 3 N–H and O–H groups in total. The third-order valence-electron chi connectivity index (χ3n) is 8.58. The highest BCUT2D eigenvalue weighted by atomic mass is 16.2. The first-order valence-corrected chi connectivity index (χ1v) is 15.6. The number of carbonyl (C=O) groups excluding carboxylic acids is 2. The molecule has 1 unspecified atom stereocenters. The van der Waals surface area contributed by atoms with Gasteiger partial charge in [-0.25, -0.2) is 9.48 Å². The molecular formula is C37H40N6O2. The Morgan fingerprint density at radius 3 is 2.33 bits per heavy atom. The summed E-state index contributed by atoms with van der Waals surface area (Å²) in [4.78, 5) is 31.9. The zero-order chi connectivity index (χ0) is 31.6. The summed E-state index contributed by atoms with van der Waals surface area (Å²) in [6.07, 6.45) is 3.57. The molecule has 0 radical (unpaired) electrons. The normalized spacial score (nSPS) is 14.7. The molecule has 2 amide bonds. The van der Waals surface area contributed by atoms with Crippen molar-refractivity contribution in [3.63, 3.8) is 0 Å². The van der Waals surface area contributed by atoms with E-state index in [1.54, 1.807) is 10.9 Å². The van der Waals surface area contributed by atoms with E-state index in [1.807, 2.05) is 91.9 Å². The van der Waals surface area contributed by atoms with Crippen molar-refractivity contribution in [3.05, 3.63) is 114 Å². The van der Waals surface area contributed by atoms with E-state index in [2.05, 4.69) is 41.7 Å². The highest BCUT2D eigenvalue weighted by molar-refractivity contribution is 6.10. The summed E-state index contributed by atoms with van der Waals surface area (Å²) < 4.78 is 1.76. The minimum Gasteiger partial charge on any atom is -0.317 e. The van der Waals surface area contributed by atoms with Crippen LogP contribution in [0.15, 0.2) is 91.1 Å². The zero-order valence-corrected chi connectivity index (χ0v) is 26.3. The fraction of sp³-hybridized carbons (Fsp3) is 0.297. The number of pyridine rings is 1. The number of anilines is 2. The average molecular weight is 601 g/mol. The van der Waals surface area contributed by atoms with Crippen molar-refractivity contribution in [2.45, 2.75) is 51.9 Å². The van der Waals surface area contributed by atoms with E-state index < -0.39 is 0 Å². The number of carbonyl (C=O) groups is 2. The number of urea groups is 1. The van der Waals surface area contributed by atoms with E-state index in [9.17, 15) is 9.59 Å². The van der Waals surface area contributed by atoms with Crippen LogP contribution in [-0.2, 0) is 5.41 Å². The third-order valence-corrected chi connectivity index (χ3v) is 8.58. The van der Waals surface area contributed by atoms with E-state index in [4.69, 9.17) is 5.10 Å². The SMILES string of the molecule is Cc1ccc(-n2nc(C(C)(C)C)cc2NC(=O)Nc2ccc(C(C(=O)c3ccnc4ccccc34)C3CCNCC3)cc2)cc1. The largest absolute Gasteiger partial charge is 0.324 e. The Morgan fingerprint density at radius 1 is 0.911 bits per heavy atom. The predicted molar refractivity (Wildman–Crippen MR) is 180 cm³/mol. The minimum absolute atomic E-state index is 0.109. The lowest BCUT2D eigenvalue weighted by Crippen LogP contribution is -2.33. The molecule has 3 heterocycles. The first kappa shape index (κ1) is 30.2. The molecule has 0 saturated carbocycles. The molecule has 1 aliphatic heterocycles. The van der Waals surface area contributed by atoms with Crippen LogP contribution in [0.3, 0.4) is 0 Å².